The fourth-order valence-electron chi connectivity index (χ4n) is 2.71. The summed E-state index contributed by atoms with van der Waals surface area (Å²) < 4.78 is 0. The van der Waals surface area contributed by atoms with E-state index in [1.54, 1.807) is 6.20 Å². The molecule has 0 radical (unpaired) electrons. The highest BCUT2D eigenvalue weighted by molar-refractivity contribution is 6.01. The Kier molecular flexibility index (Phi) is 4.11. The van der Waals surface area contributed by atoms with Gasteiger partial charge in [-0.2, -0.15) is 0 Å². The third kappa shape index (κ3) is 2.60. The predicted molar refractivity (Wildman–Crippen MR) is 78.2 cm³/mol. The van der Waals surface area contributed by atoms with Crippen LogP contribution in [0, 0.1) is 5.41 Å². The third-order valence-corrected chi connectivity index (χ3v) is 4.04. The first-order valence-electron chi connectivity index (χ1n) is 6.65. The molecule has 2 aliphatic rings. The second-order valence-corrected chi connectivity index (χ2v) is 5.62. The lowest BCUT2D eigenvalue weighted by atomic mass is 9.77. The summed E-state index contributed by atoms with van der Waals surface area (Å²) in [5, 5.41) is 3.17. The molecule has 4 nitrogen and oxygen atoms in total. The molecule has 1 aromatic rings. The van der Waals surface area contributed by atoms with Gasteiger partial charge in [-0.1, -0.05) is 0 Å². The summed E-state index contributed by atoms with van der Waals surface area (Å²) in [4.78, 5) is 19.0. The monoisotopic (exact) mass is 281 g/mol. The van der Waals surface area contributed by atoms with Crippen LogP contribution < -0.4 is 10.2 Å². The number of halogens is 1. The summed E-state index contributed by atoms with van der Waals surface area (Å²) in [6.45, 7) is 5.74. The molecular weight excluding hydrogens is 262 g/mol. The number of hydrogen-bond donors (Lipinski definition) is 1. The molecule has 0 unspecified atom stereocenters. The molecule has 3 heterocycles. The lowest BCUT2D eigenvalue weighted by Crippen LogP contribution is -2.56. The van der Waals surface area contributed by atoms with E-state index in [0.29, 0.717) is 0 Å². The summed E-state index contributed by atoms with van der Waals surface area (Å²) in [5.41, 5.74) is 1.61. The van der Waals surface area contributed by atoms with Crippen molar-refractivity contribution in [1.29, 1.82) is 0 Å². The number of rotatable bonds is 3. The molecule has 2 fully saturated rings. The molecule has 1 aromatic heterocycles. The van der Waals surface area contributed by atoms with Crippen LogP contribution in [0.15, 0.2) is 18.5 Å². The van der Waals surface area contributed by atoms with Crippen molar-refractivity contribution in [2.24, 2.45) is 5.41 Å². The topological polar surface area (TPSA) is 45.2 Å². The Morgan fingerprint density at radius 1 is 1.32 bits per heavy atom. The summed E-state index contributed by atoms with van der Waals surface area (Å²) >= 11 is 0. The van der Waals surface area contributed by atoms with E-state index in [9.17, 15) is 4.79 Å². The number of Topliss-reactive ketones (excluding diaryl/α,β-unsaturated/α-hetero) is 1. The Morgan fingerprint density at radius 3 is 2.58 bits per heavy atom. The van der Waals surface area contributed by atoms with Crippen LogP contribution >= 0.6 is 12.4 Å². The zero-order valence-electron chi connectivity index (χ0n) is 11.2. The molecule has 5 heteroatoms. The predicted octanol–water partition coefficient (Wildman–Crippen LogP) is 1.90. The van der Waals surface area contributed by atoms with E-state index >= 15 is 0 Å². The van der Waals surface area contributed by atoms with Crippen molar-refractivity contribution < 1.29 is 4.79 Å². The molecule has 0 spiro atoms. The number of carbonyl (C=O) groups excluding carboxylic acids is 1. The number of pyridine rings is 1. The number of nitrogens with one attached hydrogen (secondary N) is 1. The van der Waals surface area contributed by atoms with Gasteiger partial charge < -0.3 is 10.2 Å². The quantitative estimate of drug-likeness (QED) is 0.860. The van der Waals surface area contributed by atoms with E-state index in [4.69, 9.17) is 0 Å². The van der Waals surface area contributed by atoms with Crippen LogP contribution in [0.5, 0.6) is 0 Å². The summed E-state index contributed by atoms with van der Waals surface area (Å²) in [6.07, 6.45) is 6.04. The number of carbonyl (C=O) groups is 1. The number of nitrogens with zero attached hydrogens (tertiary/aromatic N) is 2. The van der Waals surface area contributed by atoms with Crippen LogP contribution in [0.1, 0.15) is 30.1 Å². The molecule has 0 aliphatic carbocycles. The van der Waals surface area contributed by atoms with Gasteiger partial charge in [0.15, 0.2) is 5.78 Å². The highest BCUT2D eigenvalue weighted by Gasteiger charge is 2.39. The standard InChI is InChI=1S/C14H19N3O.ClH/c1-14(9-16-10-14)13(18)11-6-12(8-15-7-11)17-4-2-3-5-17;/h6-8,16H,2-5,9-10H2,1H3;1H. The fourth-order valence-corrected chi connectivity index (χ4v) is 2.71. The second-order valence-electron chi connectivity index (χ2n) is 5.62. The molecule has 0 aromatic carbocycles. The highest BCUT2D eigenvalue weighted by Crippen LogP contribution is 2.28. The van der Waals surface area contributed by atoms with Crippen LogP contribution in [0.3, 0.4) is 0 Å². The summed E-state index contributed by atoms with van der Waals surface area (Å²) in [7, 11) is 0. The molecule has 0 amide bonds. The van der Waals surface area contributed by atoms with E-state index < -0.39 is 0 Å². The van der Waals surface area contributed by atoms with Gasteiger partial charge in [0.2, 0.25) is 0 Å². The van der Waals surface area contributed by atoms with Crippen LogP contribution in [0.2, 0.25) is 0 Å². The van der Waals surface area contributed by atoms with Gasteiger partial charge in [-0.3, -0.25) is 9.78 Å². The fraction of sp³-hybridized carbons (Fsp3) is 0.571. The Bertz CT molecular complexity index is 468. The Balaban J connectivity index is 0.00000133. The van der Waals surface area contributed by atoms with E-state index in [2.05, 4.69) is 15.2 Å². The minimum atomic E-state index is -0.231. The first-order chi connectivity index (χ1) is 8.69. The molecule has 2 aliphatic heterocycles. The normalized spacial score (nSPS) is 20.6. The summed E-state index contributed by atoms with van der Waals surface area (Å²) in [5.74, 6) is 0.217. The van der Waals surface area contributed by atoms with Gasteiger partial charge in [0.1, 0.15) is 0 Å². The van der Waals surface area contributed by atoms with Gasteiger partial charge in [-0.25, -0.2) is 0 Å². The van der Waals surface area contributed by atoms with Crippen molar-refractivity contribution in [3.8, 4) is 0 Å². The molecule has 2 saturated heterocycles. The van der Waals surface area contributed by atoms with E-state index in [-0.39, 0.29) is 23.6 Å². The van der Waals surface area contributed by atoms with E-state index in [0.717, 1.165) is 37.4 Å². The van der Waals surface area contributed by atoms with Crippen LogP contribution in [0.25, 0.3) is 0 Å². The van der Waals surface area contributed by atoms with Crippen molar-refractivity contribution in [2.75, 3.05) is 31.1 Å². The van der Waals surface area contributed by atoms with Gasteiger partial charge in [0, 0.05) is 37.9 Å². The van der Waals surface area contributed by atoms with Gasteiger partial charge in [-0.15, -0.1) is 12.4 Å². The van der Waals surface area contributed by atoms with Crippen molar-refractivity contribution in [3.05, 3.63) is 24.0 Å². The van der Waals surface area contributed by atoms with Gasteiger partial charge in [0.05, 0.1) is 17.3 Å². The average molecular weight is 282 g/mol. The van der Waals surface area contributed by atoms with Gasteiger partial charge in [0.25, 0.3) is 0 Å². The molecular formula is C14H20ClN3O. The molecule has 0 bridgehead atoms. The third-order valence-electron chi connectivity index (χ3n) is 4.04. The minimum absolute atomic E-state index is 0. The van der Waals surface area contributed by atoms with Crippen molar-refractivity contribution in [1.82, 2.24) is 10.3 Å². The van der Waals surface area contributed by atoms with Crippen LogP contribution in [-0.4, -0.2) is 36.9 Å². The van der Waals surface area contributed by atoms with Crippen molar-refractivity contribution in [3.63, 3.8) is 0 Å². The number of hydrogen-bond acceptors (Lipinski definition) is 4. The number of aromatic nitrogens is 1. The lowest BCUT2D eigenvalue weighted by Gasteiger charge is -2.37. The Labute approximate surface area is 120 Å². The second kappa shape index (κ2) is 5.47. The van der Waals surface area contributed by atoms with Gasteiger partial charge >= 0.3 is 0 Å². The first-order valence-corrected chi connectivity index (χ1v) is 6.65. The van der Waals surface area contributed by atoms with Gasteiger partial charge in [-0.05, 0) is 25.8 Å². The smallest absolute Gasteiger partial charge is 0.172 e. The maximum atomic E-state index is 12.4. The zero-order chi connectivity index (χ0) is 12.6. The SMILES string of the molecule is CC1(C(=O)c2cncc(N3CCCC3)c2)CNC1.Cl. The average Bonchev–Trinajstić information content (AvgIpc) is 2.89. The Hall–Kier alpha value is -1.13. The molecule has 1 N–H and O–H groups in total. The zero-order valence-corrected chi connectivity index (χ0v) is 12.0. The van der Waals surface area contributed by atoms with Crippen molar-refractivity contribution in [2.45, 2.75) is 19.8 Å². The first kappa shape index (κ1) is 14.3. The van der Waals surface area contributed by atoms with Crippen LogP contribution in [0.4, 0.5) is 5.69 Å². The summed E-state index contributed by atoms with van der Waals surface area (Å²) in [6, 6.07) is 2.00. The van der Waals surface area contributed by atoms with E-state index in [1.807, 2.05) is 19.2 Å². The largest absolute Gasteiger partial charge is 0.370 e. The molecule has 0 saturated carbocycles. The number of ketones is 1. The maximum Gasteiger partial charge on any atom is 0.172 e. The number of anilines is 1. The van der Waals surface area contributed by atoms with Crippen molar-refractivity contribution >= 4 is 23.9 Å². The molecule has 3 rings (SSSR count). The lowest BCUT2D eigenvalue weighted by molar-refractivity contribution is 0.0721. The Morgan fingerprint density at radius 2 is 2.00 bits per heavy atom. The minimum Gasteiger partial charge on any atom is -0.370 e. The molecule has 0 atom stereocenters. The molecule has 19 heavy (non-hydrogen) atoms. The molecule has 104 valence electrons. The maximum absolute atomic E-state index is 12.4. The van der Waals surface area contributed by atoms with Crippen LogP contribution in [-0.2, 0) is 0 Å². The van der Waals surface area contributed by atoms with E-state index in [1.165, 1.54) is 12.8 Å². The highest BCUT2D eigenvalue weighted by atomic mass is 35.5.